The number of para-hydroxylation sites is 3. The van der Waals surface area contributed by atoms with Crippen LogP contribution in [0.25, 0.3) is 76.6 Å². The van der Waals surface area contributed by atoms with E-state index in [1.807, 2.05) is 0 Å². The number of benzene rings is 5. The van der Waals surface area contributed by atoms with Crippen molar-refractivity contribution < 1.29 is 0 Å². The SMILES string of the molecule is CC1(C)c2cc3c4cccc5c4n(c3cc2-c2cc3c(cc21)c1cccc2c4ccccc4n3c21)C1CC=CC=C51. The molecule has 3 aromatic heterocycles. The van der Waals surface area contributed by atoms with Crippen LogP contribution in [0.5, 0.6) is 0 Å². The lowest BCUT2D eigenvalue weighted by Crippen LogP contribution is -2.15. The van der Waals surface area contributed by atoms with Gasteiger partial charge in [0.2, 0.25) is 0 Å². The van der Waals surface area contributed by atoms with Crippen LogP contribution in [0.2, 0.25) is 0 Å². The first-order valence-corrected chi connectivity index (χ1v) is 14.8. The fourth-order valence-corrected chi connectivity index (χ4v) is 8.93. The molecule has 1 atom stereocenters. The van der Waals surface area contributed by atoms with E-state index in [9.17, 15) is 0 Å². The molecule has 2 nitrogen and oxygen atoms in total. The van der Waals surface area contributed by atoms with Crippen LogP contribution in [0.3, 0.4) is 0 Å². The third kappa shape index (κ3) is 2.18. The van der Waals surface area contributed by atoms with Gasteiger partial charge >= 0.3 is 0 Å². The maximum absolute atomic E-state index is 2.65. The smallest absolute Gasteiger partial charge is 0.0633 e. The average molecular weight is 523 g/mol. The van der Waals surface area contributed by atoms with E-state index in [1.165, 1.54) is 93.3 Å². The molecule has 1 aliphatic heterocycles. The zero-order valence-electron chi connectivity index (χ0n) is 23.0. The number of aromatic nitrogens is 2. The largest absolute Gasteiger partial charge is 0.332 e. The Kier molecular flexibility index (Phi) is 3.36. The zero-order chi connectivity index (χ0) is 26.8. The van der Waals surface area contributed by atoms with Crippen molar-refractivity contribution in [1.82, 2.24) is 8.97 Å². The van der Waals surface area contributed by atoms with Crippen LogP contribution in [-0.2, 0) is 5.41 Å². The van der Waals surface area contributed by atoms with E-state index >= 15 is 0 Å². The minimum absolute atomic E-state index is 0.0735. The van der Waals surface area contributed by atoms with Gasteiger partial charge in [-0.25, -0.2) is 0 Å². The van der Waals surface area contributed by atoms with Crippen molar-refractivity contribution in [1.29, 1.82) is 0 Å². The summed E-state index contributed by atoms with van der Waals surface area (Å²) >= 11 is 0. The van der Waals surface area contributed by atoms with Gasteiger partial charge in [-0.15, -0.1) is 0 Å². The van der Waals surface area contributed by atoms with E-state index in [-0.39, 0.29) is 5.41 Å². The highest BCUT2D eigenvalue weighted by Gasteiger charge is 2.39. The minimum Gasteiger partial charge on any atom is -0.332 e. The monoisotopic (exact) mass is 522 g/mol. The molecule has 0 spiro atoms. The van der Waals surface area contributed by atoms with Gasteiger partial charge in [0.05, 0.1) is 33.6 Å². The lowest BCUT2D eigenvalue weighted by atomic mass is 9.81. The lowest BCUT2D eigenvalue weighted by Gasteiger charge is -2.22. The van der Waals surface area contributed by atoms with Gasteiger partial charge in [0.1, 0.15) is 0 Å². The second-order valence-corrected chi connectivity index (χ2v) is 12.9. The first-order valence-electron chi connectivity index (χ1n) is 14.8. The van der Waals surface area contributed by atoms with Crippen molar-refractivity contribution in [2.24, 2.45) is 0 Å². The molecular formula is C39H26N2. The Hall–Kier alpha value is -4.82. The van der Waals surface area contributed by atoms with E-state index in [0.717, 1.165) is 6.42 Å². The molecular weight excluding hydrogens is 496 g/mol. The highest BCUT2D eigenvalue weighted by atomic mass is 15.0. The van der Waals surface area contributed by atoms with Gasteiger partial charge in [-0.05, 0) is 64.6 Å². The molecule has 1 unspecified atom stereocenters. The van der Waals surface area contributed by atoms with E-state index in [4.69, 9.17) is 0 Å². The van der Waals surface area contributed by atoms with Crippen molar-refractivity contribution in [3.8, 4) is 11.1 Å². The molecule has 0 fully saturated rings. The molecule has 0 N–H and O–H groups in total. The second kappa shape index (κ2) is 6.56. The first kappa shape index (κ1) is 21.0. The van der Waals surface area contributed by atoms with Gasteiger partial charge in [-0.3, -0.25) is 0 Å². The normalized spacial score (nSPS) is 18.4. The summed E-state index contributed by atoms with van der Waals surface area (Å²) in [5, 5.41) is 8.18. The molecule has 8 aromatic rings. The van der Waals surface area contributed by atoms with Crippen LogP contribution in [0.4, 0.5) is 0 Å². The predicted molar refractivity (Wildman–Crippen MR) is 172 cm³/mol. The number of hydrogen-bond acceptors (Lipinski definition) is 0. The van der Waals surface area contributed by atoms with Crippen LogP contribution in [0.1, 0.15) is 43.0 Å². The molecule has 2 aliphatic carbocycles. The highest BCUT2D eigenvalue weighted by molar-refractivity contribution is 6.24. The van der Waals surface area contributed by atoms with Crippen LogP contribution < -0.4 is 0 Å². The van der Waals surface area contributed by atoms with Gasteiger partial charge in [0, 0.05) is 43.3 Å². The number of fused-ring (bicyclic) bond motifs is 15. The molecule has 4 heterocycles. The van der Waals surface area contributed by atoms with Crippen molar-refractivity contribution >= 4 is 65.5 Å². The summed E-state index contributed by atoms with van der Waals surface area (Å²) in [6.45, 7) is 4.84. The summed E-state index contributed by atoms with van der Waals surface area (Å²) in [4.78, 5) is 0. The number of nitrogens with zero attached hydrogens (tertiary/aromatic N) is 2. The quantitative estimate of drug-likeness (QED) is 0.187. The Labute approximate surface area is 236 Å². The Morgan fingerprint density at radius 2 is 1.27 bits per heavy atom. The predicted octanol–water partition coefficient (Wildman–Crippen LogP) is 10.1. The lowest BCUT2D eigenvalue weighted by molar-refractivity contribution is 0.661. The van der Waals surface area contributed by atoms with Crippen LogP contribution in [-0.4, -0.2) is 8.97 Å². The summed E-state index contributed by atoms with van der Waals surface area (Å²) in [5.74, 6) is 0. The van der Waals surface area contributed by atoms with E-state index in [2.05, 4.69) is 126 Å². The van der Waals surface area contributed by atoms with Crippen LogP contribution in [0.15, 0.2) is 103 Å². The fourth-order valence-electron chi connectivity index (χ4n) is 8.93. The van der Waals surface area contributed by atoms with Crippen molar-refractivity contribution in [3.63, 3.8) is 0 Å². The molecule has 2 heteroatoms. The Morgan fingerprint density at radius 1 is 0.610 bits per heavy atom. The molecule has 0 amide bonds. The molecule has 11 rings (SSSR count). The van der Waals surface area contributed by atoms with Crippen LogP contribution >= 0.6 is 0 Å². The molecule has 0 saturated carbocycles. The summed E-state index contributed by atoms with van der Waals surface area (Å²) in [7, 11) is 0. The maximum atomic E-state index is 2.65. The van der Waals surface area contributed by atoms with Gasteiger partial charge in [-0.1, -0.05) is 86.7 Å². The zero-order valence-corrected chi connectivity index (χ0v) is 23.0. The Morgan fingerprint density at radius 3 is 2.10 bits per heavy atom. The summed E-state index contributed by atoms with van der Waals surface area (Å²) in [5.41, 5.74) is 15.2. The minimum atomic E-state index is -0.0735. The van der Waals surface area contributed by atoms with E-state index in [0.29, 0.717) is 6.04 Å². The molecule has 41 heavy (non-hydrogen) atoms. The molecule has 0 bridgehead atoms. The van der Waals surface area contributed by atoms with Gasteiger partial charge < -0.3 is 8.97 Å². The van der Waals surface area contributed by atoms with Crippen molar-refractivity contribution in [3.05, 3.63) is 120 Å². The van der Waals surface area contributed by atoms with Crippen molar-refractivity contribution in [2.75, 3.05) is 0 Å². The van der Waals surface area contributed by atoms with Gasteiger partial charge in [0.15, 0.2) is 0 Å². The topological polar surface area (TPSA) is 9.34 Å². The van der Waals surface area contributed by atoms with E-state index < -0.39 is 0 Å². The summed E-state index contributed by atoms with van der Waals surface area (Å²) in [6, 6.07) is 33.1. The molecule has 3 aliphatic rings. The highest BCUT2D eigenvalue weighted by Crippen LogP contribution is 2.55. The first-order chi connectivity index (χ1) is 20.1. The van der Waals surface area contributed by atoms with Gasteiger partial charge in [-0.2, -0.15) is 0 Å². The maximum Gasteiger partial charge on any atom is 0.0633 e. The van der Waals surface area contributed by atoms with Crippen molar-refractivity contribution in [2.45, 2.75) is 31.7 Å². The number of allylic oxidation sites excluding steroid dienone is 4. The summed E-state index contributed by atoms with van der Waals surface area (Å²) < 4.78 is 5.16. The number of rotatable bonds is 0. The van der Waals surface area contributed by atoms with E-state index in [1.54, 1.807) is 0 Å². The van der Waals surface area contributed by atoms with Gasteiger partial charge in [0.25, 0.3) is 0 Å². The third-order valence-electron chi connectivity index (χ3n) is 10.7. The molecule has 0 radical (unpaired) electrons. The molecule has 0 saturated heterocycles. The third-order valence-corrected chi connectivity index (χ3v) is 10.7. The second-order valence-electron chi connectivity index (χ2n) is 12.9. The average Bonchev–Trinajstić information content (AvgIpc) is 3.76. The number of hydrogen-bond donors (Lipinski definition) is 0. The molecule has 5 aromatic carbocycles. The molecule has 192 valence electrons. The Balaban J connectivity index is 1.28. The fraction of sp³-hybridized carbons (Fsp3) is 0.128. The summed E-state index contributed by atoms with van der Waals surface area (Å²) in [6.07, 6.45) is 7.95. The van der Waals surface area contributed by atoms with Crippen LogP contribution in [0, 0.1) is 0 Å². The Bertz CT molecular complexity index is 2580. The standard InChI is InChI=1S/C39H26N2/c1-39(2)31-17-29-25-13-7-11-23-21-9-3-5-15-33(21)40(37(23)25)35(29)19-27(31)28-20-36-30(18-32(28)39)26-14-8-12-24-22-10-4-6-16-34(22)41(36)38(24)26/h3-15,17-20,34H,16H2,1-2H3.